The molecule has 0 unspecified atom stereocenters. The van der Waals surface area contributed by atoms with Crippen LogP contribution in [0.15, 0.2) is 46.9 Å². The second kappa shape index (κ2) is 9.40. The quantitative estimate of drug-likeness (QED) is 0.541. The molecule has 0 spiro atoms. The van der Waals surface area contributed by atoms with Gasteiger partial charge in [-0.3, -0.25) is 4.90 Å². The molecule has 0 bridgehead atoms. The summed E-state index contributed by atoms with van der Waals surface area (Å²) in [6.07, 6.45) is -2.47. The minimum absolute atomic E-state index is 0.484. The second-order valence-electron chi connectivity index (χ2n) is 8.20. The van der Waals surface area contributed by atoms with Crippen molar-refractivity contribution >= 4 is 31.5 Å². The minimum atomic E-state index is -4.36. The standard InChI is InChI=1S/C23H24BrF3N2O3S/c1-33(30,31)29-10-8-28(9-11-29)12-13-32-19-6-7-20-17(14-19)15-21(24)22(20)16-2-4-18(5-3-16)23(25,26)27/h2-7,14H,8-13,15H2,1H3. The first-order valence-electron chi connectivity index (χ1n) is 10.5. The second-order valence-corrected chi connectivity index (χ2v) is 11.1. The van der Waals surface area contributed by atoms with Crippen LogP contribution in [0.3, 0.4) is 0 Å². The number of ether oxygens (including phenoxy) is 1. The molecule has 2 aromatic rings. The maximum atomic E-state index is 12.9. The lowest BCUT2D eigenvalue weighted by atomic mass is 9.98. The van der Waals surface area contributed by atoms with Crippen molar-refractivity contribution in [3.8, 4) is 5.75 Å². The highest BCUT2D eigenvalue weighted by molar-refractivity contribution is 9.11. The van der Waals surface area contributed by atoms with E-state index in [1.165, 1.54) is 22.7 Å². The van der Waals surface area contributed by atoms with E-state index in [-0.39, 0.29) is 0 Å². The van der Waals surface area contributed by atoms with E-state index in [0.29, 0.717) is 45.8 Å². The van der Waals surface area contributed by atoms with E-state index in [4.69, 9.17) is 4.74 Å². The zero-order chi connectivity index (χ0) is 23.8. The predicted octanol–water partition coefficient (Wildman–Crippen LogP) is 4.37. The number of alkyl halides is 3. The molecule has 0 amide bonds. The van der Waals surface area contributed by atoms with Crippen LogP contribution >= 0.6 is 15.9 Å². The largest absolute Gasteiger partial charge is 0.492 e. The Balaban J connectivity index is 1.36. The summed E-state index contributed by atoms with van der Waals surface area (Å²) in [4.78, 5) is 2.18. The molecular formula is C23H24BrF3N2O3S. The summed E-state index contributed by atoms with van der Waals surface area (Å²) in [5.41, 5.74) is 2.99. The molecule has 1 aliphatic heterocycles. The molecule has 2 aliphatic rings. The molecule has 1 fully saturated rings. The summed E-state index contributed by atoms with van der Waals surface area (Å²) in [6.45, 7) is 3.52. The number of allylic oxidation sites excluding steroid dienone is 1. The summed E-state index contributed by atoms with van der Waals surface area (Å²) in [7, 11) is -3.14. The van der Waals surface area contributed by atoms with Crippen LogP contribution in [0, 0.1) is 0 Å². The van der Waals surface area contributed by atoms with Gasteiger partial charge >= 0.3 is 6.18 Å². The lowest BCUT2D eigenvalue weighted by molar-refractivity contribution is -0.137. The Morgan fingerprint density at radius 2 is 1.70 bits per heavy atom. The van der Waals surface area contributed by atoms with Crippen molar-refractivity contribution in [1.82, 2.24) is 9.21 Å². The fourth-order valence-electron chi connectivity index (χ4n) is 4.17. The summed E-state index contributed by atoms with van der Waals surface area (Å²) < 4.78 is 70.2. The third-order valence-corrected chi connectivity index (χ3v) is 7.92. The number of hydrogen-bond acceptors (Lipinski definition) is 4. The summed E-state index contributed by atoms with van der Waals surface area (Å²) >= 11 is 3.59. The Labute approximate surface area is 200 Å². The maximum absolute atomic E-state index is 12.9. The summed E-state index contributed by atoms with van der Waals surface area (Å²) in [5, 5.41) is 0. The predicted molar refractivity (Wildman–Crippen MR) is 125 cm³/mol. The molecule has 178 valence electrons. The Morgan fingerprint density at radius 3 is 2.30 bits per heavy atom. The molecule has 10 heteroatoms. The van der Waals surface area contributed by atoms with Gasteiger partial charge in [-0.25, -0.2) is 8.42 Å². The molecule has 0 radical (unpaired) electrons. The van der Waals surface area contributed by atoms with Gasteiger partial charge in [0.05, 0.1) is 11.8 Å². The smallest absolute Gasteiger partial charge is 0.416 e. The lowest BCUT2D eigenvalue weighted by Gasteiger charge is -2.33. The highest BCUT2D eigenvalue weighted by Gasteiger charge is 2.30. The highest BCUT2D eigenvalue weighted by atomic mass is 79.9. The SMILES string of the molecule is CS(=O)(=O)N1CCN(CCOc2ccc3c(c2)CC(Br)=C3c2ccc(C(F)(F)F)cc2)CC1. The fraction of sp³-hybridized carbons (Fsp3) is 0.391. The summed E-state index contributed by atoms with van der Waals surface area (Å²) in [5.74, 6) is 0.734. The van der Waals surface area contributed by atoms with E-state index in [2.05, 4.69) is 20.8 Å². The molecule has 1 saturated heterocycles. The Morgan fingerprint density at radius 1 is 1.03 bits per heavy atom. The van der Waals surface area contributed by atoms with Gasteiger partial charge in [0.2, 0.25) is 10.0 Å². The van der Waals surface area contributed by atoms with Crippen LogP contribution in [0.1, 0.15) is 22.3 Å². The zero-order valence-corrected chi connectivity index (χ0v) is 20.4. The highest BCUT2D eigenvalue weighted by Crippen LogP contribution is 2.42. The van der Waals surface area contributed by atoms with Crippen molar-refractivity contribution in [1.29, 1.82) is 0 Å². The molecule has 1 heterocycles. The molecule has 0 atom stereocenters. The van der Waals surface area contributed by atoms with E-state index in [0.717, 1.165) is 44.6 Å². The van der Waals surface area contributed by atoms with E-state index in [1.807, 2.05) is 18.2 Å². The van der Waals surface area contributed by atoms with E-state index >= 15 is 0 Å². The normalized spacial score (nSPS) is 18.0. The van der Waals surface area contributed by atoms with E-state index < -0.39 is 21.8 Å². The van der Waals surface area contributed by atoms with Crippen molar-refractivity contribution in [3.63, 3.8) is 0 Å². The first kappa shape index (κ1) is 24.3. The third kappa shape index (κ3) is 5.62. The van der Waals surface area contributed by atoms with Crippen LogP contribution in [-0.2, 0) is 22.6 Å². The van der Waals surface area contributed by atoms with Crippen LogP contribution in [0.5, 0.6) is 5.75 Å². The topological polar surface area (TPSA) is 49.9 Å². The number of fused-ring (bicyclic) bond motifs is 1. The van der Waals surface area contributed by atoms with E-state index in [1.54, 1.807) is 0 Å². The van der Waals surface area contributed by atoms with Gasteiger partial charge in [-0.1, -0.05) is 34.1 Å². The van der Waals surface area contributed by atoms with Crippen LogP contribution in [0.25, 0.3) is 5.57 Å². The number of benzene rings is 2. The number of rotatable bonds is 6. The number of sulfonamides is 1. The zero-order valence-electron chi connectivity index (χ0n) is 18.0. The molecule has 0 aromatic heterocycles. The van der Waals surface area contributed by atoms with Gasteiger partial charge in [0.1, 0.15) is 12.4 Å². The van der Waals surface area contributed by atoms with Gasteiger partial charge < -0.3 is 4.74 Å². The van der Waals surface area contributed by atoms with Crippen molar-refractivity contribution in [2.45, 2.75) is 12.6 Å². The van der Waals surface area contributed by atoms with Crippen LogP contribution in [0.4, 0.5) is 13.2 Å². The molecular weight excluding hydrogens is 521 g/mol. The van der Waals surface area contributed by atoms with Gasteiger partial charge in [0, 0.05) is 43.6 Å². The first-order chi connectivity index (χ1) is 15.5. The van der Waals surface area contributed by atoms with Gasteiger partial charge in [0.25, 0.3) is 0 Å². The number of nitrogens with zero attached hydrogens (tertiary/aromatic N) is 2. The molecule has 0 saturated carbocycles. The molecule has 1 aliphatic carbocycles. The number of halogens is 4. The lowest BCUT2D eigenvalue weighted by Crippen LogP contribution is -2.49. The third-order valence-electron chi connectivity index (χ3n) is 5.94. The molecule has 2 aromatic carbocycles. The monoisotopic (exact) mass is 544 g/mol. The average Bonchev–Trinajstić information content (AvgIpc) is 3.08. The Kier molecular flexibility index (Phi) is 6.91. The molecule has 0 N–H and O–H groups in total. The van der Waals surface area contributed by atoms with Crippen LogP contribution in [-0.4, -0.2) is 63.2 Å². The minimum Gasteiger partial charge on any atom is -0.492 e. The fourth-order valence-corrected chi connectivity index (χ4v) is 5.74. The van der Waals surface area contributed by atoms with Crippen LogP contribution in [0.2, 0.25) is 0 Å². The Hall–Kier alpha value is -1.88. The van der Waals surface area contributed by atoms with Crippen molar-refractivity contribution in [2.24, 2.45) is 0 Å². The number of hydrogen-bond donors (Lipinski definition) is 0. The molecule has 5 nitrogen and oxygen atoms in total. The molecule has 33 heavy (non-hydrogen) atoms. The van der Waals surface area contributed by atoms with Crippen LogP contribution < -0.4 is 4.74 Å². The Bertz CT molecular complexity index is 1160. The van der Waals surface area contributed by atoms with Gasteiger partial charge in [0.15, 0.2) is 0 Å². The number of piperazine rings is 1. The first-order valence-corrected chi connectivity index (χ1v) is 13.2. The maximum Gasteiger partial charge on any atom is 0.416 e. The summed E-state index contributed by atoms with van der Waals surface area (Å²) in [6, 6.07) is 11.0. The molecule has 4 rings (SSSR count). The van der Waals surface area contributed by atoms with Crippen molar-refractivity contribution < 1.29 is 26.3 Å². The van der Waals surface area contributed by atoms with Gasteiger partial charge in [-0.05, 0) is 46.5 Å². The van der Waals surface area contributed by atoms with Gasteiger partial charge in [-0.15, -0.1) is 0 Å². The van der Waals surface area contributed by atoms with Gasteiger partial charge in [-0.2, -0.15) is 17.5 Å². The van der Waals surface area contributed by atoms with Crippen molar-refractivity contribution in [2.75, 3.05) is 45.6 Å². The van der Waals surface area contributed by atoms with E-state index in [9.17, 15) is 21.6 Å². The van der Waals surface area contributed by atoms with Crippen molar-refractivity contribution in [3.05, 3.63) is 69.2 Å². The average molecular weight is 545 g/mol.